The average Bonchev–Trinajstić information content (AvgIpc) is 2.62. The third kappa shape index (κ3) is 3.15. The summed E-state index contributed by atoms with van der Waals surface area (Å²) in [5.74, 6) is -0.0564. The largest absolute Gasteiger partial charge is 0.348 e. The van der Waals surface area contributed by atoms with Crippen LogP contribution in [0.5, 0.6) is 0 Å². The van der Waals surface area contributed by atoms with Crippen molar-refractivity contribution in [2.45, 2.75) is 20.4 Å². The second-order valence-corrected chi connectivity index (χ2v) is 5.71. The highest BCUT2D eigenvalue weighted by Crippen LogP contribution is 2.12. The van der Waals surface area contributed by atoms with Crippen LogP contribution in [0.25, 0.3) is 0 Å². The zero-order valence-electron chi connectivity index (χ0n) is 11.2. The first-order chi connectivity index (χ1) is 8.99. The Morgan fingerprint density at radius 1 is 1.32 bits per heavy atom. The number of nitrogens with one attached hydrogen (secondary N) is 1. The summed E-state index contributed by atoms with van der Waals surface area (Å²) in [5.41, 5.74) is 3.81. The number of nitrogens with zero attached hydrogens (tertiary/aromatic N) is 2. The maximum absolute atomic E-state index is 12.0. The SMILES string of the molecule is Cc1nn(C)c(C)c1CNC(=O)c1ccc(I)cc1. The van der Waals surface area contributed by atoms with E-state index in [4.69, 9.17) is 0 Å². The number of hydrogen-bond donors (Lipinski definition) is 1. The highest BCUT2D eigenvalue weighted by atomic mass is 127. The fourth-order valence-electron chi connectivity index (χ4n) is 1.95. The minimum absolute atomic E-state index is 0.0564. The van der Waals surface area contributed by atoms with Gasteiger partial charge in [-0.3, -0.25) is 9.48 Å². The van der Waals surface area contributed by atoms with E-state index < -0.39 is 0 Å². The van der Waals surface area contributed by atoms with Crippen molar-refractivity contribution in [1.29, 1.82) is 0 Å². The van der Waals surface area contributed by atoms with Gasteiger partial charge in [0.1, 0.15) is 0 Å². The molecule has 0 radical (unpaired) electrons. The summed E-state index contributed by atoms with van der Waals surface area (Å²) < 4.78 is 2.95. The third-order valence-electron chi connectivity index (χ3n) is 3.19. The van der Waals surface area contributed by atoms with Crippen molar-refractivity contribution in [3.8, 4) is 0 Å². The van der Waals surface area contributed by atoms with Crippen molar-refractivity contribution >= 4 is 28.5 Å². The summed E-state index contributed by atoms with van der Waals surface area (Å²) in [6.45, 7) is 4.47. The Morgan fingerprint density at radius 3 is 2.47 bits per heavy atom. The van der Waals surface area contributed by atoms with Crippen LogP contribution in [0, 0.1) is 17.4 Å². The van der Waals surface area contributed by atoms with Crippen LogP contribution < -0.4 is 5.32 Å². The van der Waals surface area contributed by atoms with Gasteiger partial charge < -0.3 is 5.32 Å². The van der Waals surface area contributed by atoms with Crippen molar-refractivity contribution in [3.63, 3.8) is 0 Å². The fourth-order valence-corrected chi connectivity index (χ4v) is 2.30. The molecule has 0 aliphatic rings. The van der Waals surface area contributed by atoms with Crippen molar-refractivity contribution in [2.24, 2.45) is 7.05 Å². The van der Waals surface area contributed by atoms with Crippen molar-refractivity contribution < 1.29 is 4.79 Å². The van der Waals surface area contributed by atoms with E-state index in [2.05, 4.69) is 33.0 Å². The lowest BCUT2D eigenvalue weighted by atomic mass is 10.1. The Balaban J connectivity index is 2.06. The molecule has 1 N–H and O–H groups in total. The molecule has 5 heteroatoms. The van der Waals surface area contributed by atoms with Gasteiger partial charge in [0, 0.05) is 34.0 Å². The molecule has 2 aromatic rings. The molecular formula is C14H16IN3O. The number of aryl methyl sites for hydroxylation is 2. The van der Waals surface area contributed by atoms with Gasteiger partial charge >= 0.3 is 0 Å². The zero-order valence-corrected chi connectivity index (χ0v) is 13.4. The number of hydrogen-bond acceptors (Lipinski definition) is 2. The van der Waals surface area contributed by atoms with E-state index in [9.17, 15) is 4.79 Å². The first kappa shape index (κ1) is 14.0. The molecule has 0 bridgehead atoms. The van der Waals surface area contributed by atoms with E-state index in [-0.39, 0.29) is 5.91 Å². The van der Waals surface area contributed by atoms with Crippen molar-refractivity contribution in [1.82, 2.24) is 15.1 Å². The van der Waals surface area contributed by atoms with Gasteiger partial charge in [0.05, 0.1) is 5.69 Å². The maximum Gasteiger partial charge on any atom is 0.251 e. The zero-order chi connectivity index (χ0) is 14.0. The first-order valence-electron chi connectivity index (χ1n) is 6.02. The lowest BCUT2D eigenvalue weighted by Crippen LogP contribution is -2.23. The summed E-state index contributed by atoms with van der Waals surface area (Å²) in [5, 5.41) is 7.27. The molecular weight excluding hydrogens is 353 g/mol. The summed E-state index contributed by atoms with van der Waals surface area (Å²) >= 11 is 2.22. The fraction of sp³-hybridized carbons (Fsp3) is 0.286. The lowest BCUT2D eigenvalue weighted by molar-refractivity contribution is 0.0951. The van der Waals surface area contributed by atoms with Gasteiger partial charge in [-0.1, -0.05) is 0 Å². The van der Waals surface area contributed by atoms with E-state index >= 15 is 0 Å². The number of benzene rings is 1. The molecule has 1 heterocycles. The van der Waals surface area contributed by atoms with Crippen LogP contribution in [-0.2, 0) is 13.6 Å². The molecule has 1 aromatic heterocycles. The molecule has 1 aromatic carbocycles. The van der Waals surface area contributed by atoms with Gasteiger partial charge in [-0.15, -0.1) is 0 Å². The van der Waals surface area contributed by atoms with E-state index in [1.54, 1.807) is 0 Å². The molecule has 0 aliphatic carbocycles. The Bertz CT molecular complexity index is 602. The van der Waals surface area contributed by atoms with Gasteiger partial charge in [-0.05, 0) is 60.7 Å². The number of amides is 1. The molecule has 1 amide bonds. The molecule has 0 aliphatic heterocycles. The Morgan fingerprint density at radius 2 is 1.95 bits per heavy atom. The van der Waals surface area contributed by atoms with Gasteiger partial charge in [0.15, 0.2) is 0 Å². The third-order valence-corrected chi connectivity index (χ3v) is 3.91. The predicted octanol–water partition coefficient (Wildman–Crippen LogP) is 2.57. The van der Waals surface area contributed by atoms with Gasteiger partial charge in [-0.25, -0.2) is 0 Å². The minimum Gasteiger partial charge on any atom is -0.348 e. The number of aromatic nitrogens is 2. The summed E-state index contributed by atoms with van der Waals surface area (Å²) in [6, 6.07) is 7.52. The van der Waals surface area contributed by atoms with E-state index in [0.29, 0.717) is 12.1 Å². The van der Waals surface area contributed by atoms with Crippen LogP contribution in [0.3, 0.4) is 0 Å². The van der Waals surface area contributed by atoms with Crippen LogP contribution in [0.4, 0.5) is 0 Å². The topological polar surface area (TPSA) is 46.9 Å². The van der Waals surface area contributed by atoms with E-state index in [1.807, 2.05) is 49.8 Å². The molecule has 2 rings (SSSR count). The normalized spacial score (nSPS) is 10.5. The quantitative estimate of drug-likeness (QED) is 0.846. The molecule has 0 saturated carbocycles. The highest BCUT2D eigenvalue weighted by Gasteiger charge is 2.11. The second-order valence-electron chi connectivity index (χ2n) is 4.46. The Hall–Kier alpha value is -1.37. The van der Waals surface area contributed by atoms with Gasteiger partial charge in [-0.2, -0.15) is 5.10 Å². The van der Waals surface area contributed by atoms with Crippen molar-refractivity contribution in [2.75, 3.05) is 0 Å². The molecule has 0 fully saturated rings. The molecule has 100 valence electrons. The molecule has 0 spiro atoms. The molecule has 0 atom stereocenters. The van der Waals surface area contributed by atoms with Crippen LogP contribution in [0.1, 0.15) is 27.3 Å². The standard InChI is InChI=1S/C14H16IN3O/c1-9-13(10(2)18(3)17-9)8-16-14(19)11-4-6-12(15)7-5-11/h4-7H,8H2,1-3H3,(H,16,19). The van der Waals surface area contributed by atoms with E-state index in [0.717, 1.165) is 20.5 Å². The number of halogens is 1. The first-order valence-corrected chi connectivity index (χ1v) is 7.09. The Labute approximate surface area is 126 Å². The smallest absolute Gasteiger partial charge is 0.251 e. The minimum atomic E-state index is -0.0564. The van der Waals surface area contributed by atoms with Gasteiger partial charge in [0.25, 0.3) is 5.91 Å². The number of carbonyl (C=O) groups excluding carboxylic acids is 1. The molecule has 19 heavy (non-hydrogen) atoms. The Kier molecular flexibility index (Phi) is 4.24. The van der Waals surface area contributed by atoms with Gasteiger partial charge in [0.2, 0.25) is 0 Å². The highest BCUT2D eigenvalue weighted by molar-refractivity contribution is 14.1. The van der Waals surface area contributed by atoms with Crippen LogP contribution in [0.15, 0.2) is 24.3 Å². The summed E-state index contributed by atoms with van der Waals surface area (Å²) in [6.07, 6.45) is 0. The molecule has 0 saturated heterocycles. The maximum atomic E-state index is 12.0. The van der Waals surface area contributed by atoms with Crippen LogP contribution >= 0.6 is 22.6 Å². The second kappa shape index (κ2) is 5.73. The van der Waals surface area contributed by atoms with Crippen molar-refractivity contribution in [3.05, 3.63) is 50.4 Å². The number of rotatable bonds is 3. The van der Waals surface area contributed by atoms with Crippen LogP contribution in [-0.4, -0.2) is 15.7 Å². The molecule has 0 unspecified atom stereocenters. The lowest BCUT2D eigenvalue weighted by Gasteiger charge is -2.06. The van der Waals surface area contributed by atoms with E-state index in [1.165, 1.54) is 0 Å². The summed E-state index contributed by atoms with van der Waals surface area (Å²) in [4.78, 5) is 12.0. The average molecular weight is 369 g/mol. The number of carbonyl (C=O) groups is 1. The predicted molar refractivity (Wildman–Crippen MR) is 83.0 cm³/mol. The summed E-state index contributed by atoms with van der Waals surface area (Å²) in [7, 11) is 1.91. The monoisotopic (exact) mass is 369 g/mol. The van der Waals surface area contributed by atoms with Crippen LogP contribution in [0.2, 0.25) is 0 Å². The molecule has 4 nitrogen and oxygen atoms in total.